The lowest BCUT2D eigenvalue weighted by atomic mass is 10.2. The maximum atomic E-state index is 9.73. The number of aromatic nitrogens is 1. The van der Waals surface area contributed by atoms with Gasteiger partial charge in [0.25, 0.3) is 0 Å². The highest BCUT2D eigenvalue weighted by Crippen LogP contribution is 2.17. The molecular formula is C12H19N3O. The fraction of sp³-hybridized carbons (Fsp3) is 0.583. The topological polar surface area (TPSA) is 48.4 Å². The van der Waals surface area contributed by atoms with E-state index >= 15 is 0 Å². The van der Waals surface area contributed by atoms with Gasteiger partial charge in [-0.2, -0.15) is 0 Å². The van der Waals surface area contributed by atoms with E-state index in [-0.39, 0.29) is 0 Å². The quantitative estimate of drug-likeness (QED) is 0.778. The summed E-state index contributed by atoms with van der Waals surface area (Å²) >= 11 is 0. The molecule has 0 unspecified atom stereocenters. The normalized spacial score (nSPS) is 22.2. The SMILES string of the molecule is Cc1ccc(O)c(CN2CCN[C@@H](C)C2)n1. The van der Waals surface area contributed by atoms with Gasteiger partial charge in [-0.25, -0.2) is 0 Å². The molecule has 0 aromatic carbocycles. The van der Waals surface area contributed by atoms with Crippen molar-refractivity contribution in [3.63, 3.8) is 0 Å². The summed E-state index contributed by atoms with van der Waals surface area (Å²) in [7, 11) is 0. The molecular weight excluding hydrogens is 202 g/mol. The minimum Gasteiger partial charge on any atom is -0.506 e. The first-order valence-corrected chi connectivity index (χ1v) is 5.76. The molecule has 0 aliphatic carbocycles. The van der Waals surface area contributed by atoms with Crippen molar-refractivity contribution in [2.24, 2.45) is 0 Å². The van der Waals surface area contributed by atoms with Crippen LogP contribution in [0.15, 0.2) is 12.1 Å². The molecule has 2 rings (SSSR count). The van der Waals surface area contributed by atoms with Crippen LogP contribution in [-0.2, 0) is 6.54 Å². The number of nitrogens with zero attached hydrogens (tertiary/aromatic N) is 2. The first kappa shape index (κ1) is 11.4. The second-order valence-electron chi connectivity index (χ2n) is 4.51. The molecule has 2 heterocycles. The summed E-state index contributed by atoms with van der Waals surface area (Å²) in [6.07, 6.45) is 0. The summed E-state index contributed by atoms with van der Waals surface area (Å²) in [5.74, 6) is 0.303. The highest BCUT2D eigenvalue weighted by atomic mass is 16.3. The van der Waals surface area contributed by atoms with Crippen LogP contribution in [0, 0.1) is 6.92 Å². The Hall–Kier alpha value is -1.13. The molecule has 0 amide bonds. The van der Waals surface area contributed by atoms with Crippen LogP contribution in [0.5, 0.6) is 5.75 Å². The Kier molecular flexibility index (Phi) is 3.41. The number of aromatic hydroxyl groups is 1. The van der Waals surface area contributed by atoms with E-state index in [2.05, 4.69) is 22.1 Å². The van der Waals surface area contributed by atoms with Gasteiger partial charge in [0.05, 0.1) is 5.69 Å². The number of hydrogen-bond donors (Lipinski definition) is 2. The second kappa shape index (κ2) is 4.80. The molecule has 0 bridgehead atoms. The Morgan fingerprint density at radius 1 is 1.56 bits per heavy atom. The molecule has 0 spiro atoms. The van der Waals surface area contributed by atoms with Crippen molar-refractivity contribution in [3.05, 3.63) is 23.5 Å². The zero-order valence-corrected chi connectivity index (χ0v) is 9.90. The number of nitrogens with one attached hydrogen (secondary N) is 1. The van der Waals surface area contributed by atoms with E-state index in [4.69, 9.17) is 0 Å². The van der Waals surface area contributed by atoms with Crippen LogP contribution in [0.4, 0.5) is 0 Å². The fourth-order valence-electron chi connectivity index (χ4n) is 2.09. The Morgan fingerprint density at radius 2 is 2.38 bits per heavy atom. The van der Waals surface area contributed by atoms with Crippen LogP contribution >= 0.6 is 0 Å². The van der Waals surface area contributed by atoms with E-state index in [1.165, 1.54) is 0 Å². The molecule has 1 atom stereocenters. The lowest BCUT2D eigenvalue weighted by molar-refractivity contribution is 0.195. The van der Waals surface area contributed by atoms with Gasteiger partial charge in [-0.05, 0) is 26.0 Å². The minimum absolute atomic E-state index is 0.303. The Morgan fingerprint density at radius 3 is 3.12 bits per heavy atom. The molecule has 16 heavy (non-hydrogen) atoms. The Labute approximate surface area is 96.3 Å². The number of piperazine rings is 1. The zero-order chi connectivity index (χ0) is 11.5. The van der Waals surface area contributed by atoms with Crippen molar-refractivity contribution < 1.29 is 5.11 Å². The molecule has 1 aliphatic rings. The summed E-state index contributed by atoms with van der Waals surface area (Å²) in [6, 6.07) is 4.07. The lowest BCUT2D eigenvalue weighted by Crippen LogP contribution is -2.48. The Balaban J connectivity index is 2.05. The lowest BCUT2D eigenvalue weighted by Gasteiger charge is -2.31. The molecule has 1 aromatic heterocycles. The van der Waals surface area contributed by atoms with Gasteiger partial charge in [0.15, 0.2) is 0 Å². The summed E-state index contributed by atoms with van der Waals surface area (Å²) in [6.45, 7) is 7.89. The number of aryl methyl sites for hydroxylation is 1. The minimum atomic E-state index is 0.303. The van der Waals surface area contributed by atoms with Crippen molar-refractivity contribution in [1.29, 1.82) is 0 Å². The van der Waals surface area contributed by atoms with Crippen molar-refractivity contribution in [3.8, 4) is 5.75 Å². The van der Waals surface area contributed by atoms with Crippen LogP contribution in [0.1, 0.15) is 18.3 Å². The van der Waals surface area contributed by atoms with Gasteiger partial charge in [-0.1, -0.05) is 0 Å². The average Bonchev–Trinajstić information content (AvgIpc) is 2.24. The van der Waals surface area contributed by atoms with Crippen LogP contribution < -0.4 is 5.32 Å². The summed E-state index contributed by atoms with van der Waals surface area (Å²) in [5, 5.41) is 13.1. The van der Waals surface area contributed by atoms with Gasteiger partial charge < -0.3 is 10.4 Å². The largest absolute Gasteiger partial charge is 0.506 e. The monoisotopic (exact) mass is 221 g/mol. The predicted molar refractivity (Wildman–Crippen MR) is 63.4 cm³/mol. The van der Waals surface area contributed by atoms with Crippen LogP contribution in [0.25, 0.3) is 0 Å². The number of hydrogen-bond acceptors (Lipinski definition) is 4. The van der Waals surface area contributed by atoms with Crippen molar-refractivity contribution >= 4 is 0 Å². The van der Waals surface area contributed by atoms with E-state index in [1.807, 2.05) is 13.0 Å². The molecule has 88 valence electrons. The molecule has 4 nitrogen and oxygen atoms in total. The number of rotatable bonds is 2. The third-order valence-electron chi connectivity index (χ3n) is 2.92. The molecule has 4 heteroatoms. The molecule has 0 radical (unpaired) electrons. The van der Waals surface area contributed by atoms with Gasteiger partial charge in [0.2, 0.25) is 0 Å². The smallest absolute Gasteiger partial charge is 0.138 e. The average molecular weight is 221 g/mol. The molecule has 0 saturated carbocycles. The second-order valence-corrected chi connectivity index (χ2v) is 4.51. The van der Waals surface area contributed by atoms with Crippen molar-refractivity contribution in [1.82, 2.24) is 15.2 Å². The van der Waals surface area contributed by atoms with Crippen LogP contribution in [0.2, 0.25) is 0 Å². The van der Waals surface area contributed by atoms with Gasteiger partial charge >= 0.3 is 0 Å². The molecule has 1 saturated heterocycles. The van der Waals surface area contributed by atoms with Crippen molar-refractivity contribution in [2.45, 2.75) is 26.4 Å². The molecule has 1 fully saturated rings. The van der Waals surface area contributed by atoms with E-state index < -0.39 is 0 Å². The molecule has 1 aliphatic heterocycles. The predicted octanol–water partition coefficient (Wildman–Crippen LogP) is 0.889. The van der Waals surface area contributed by atoms with Gasteiger partial charge in [0.1, 0.15) is 5.75 Å². The standard InChI is InChI=1S/C12H19N3O/c1-9-3-4-12(16)11(14-9)8-15-6-5-13-10(2)7-15/h3-4,10,13,16H,5-8H2,1-2H3/t10-/m0/s1. The van der Waals surface area contributed by atoms with E-state index in [9.17, 15) is 5.11 Å². The van der Waals surface area contributed by atoms with Gasteiger partial charge in [-0.3, -0.25) is 9.88 Å². The summed E-state index contributed by atoms with van der Waals surface area (Å²) in [4.78, 5) is 6.70. The zero-order valence-electron chi connectivity index (χ0n) is 9.90. The highest BCUT2D eigenvalue weighted by Gasteiger charge is 2.17. The third-order valence-corrected chi connectivity index (χ3v) is 2.92. The van der Waals surface area contributed by atoms with E-state index in [0.717, 1.165) is 37.6 Å². The first-order chi connectivity index (χ1) is 7.65. The van der Waals surface area contributed by atoms with Gasteiger partial charge in [0, 0.05) is 37.9 Å². The molecule has 2 N–H and O–H groups in total. The summed E-state index contributed by atoms with van der Waals surface area (Å²) < 4.78 is 0. The summed E-state index contributed by atoms with van der Waals surface area (Å²) in [5.41, 5.74) is 1.74. The van der Waals surface area contributed by atoms with Gasteiger partial charge in [-0.15, -0.1) is 0 Å². The number of pyridine rings is 1. The highest BCUT2D eigenvalue weighted by molar-refractivity contribution is 5.27. The first-order valence-electron chi connectivity index (χ1n) is 5.76. The molecule has 1 aromatic rings. The van der Waals surface area contributed by atoms with Crippen LogP contribution in [0.3, 0.4) is 0 Å². The third kappa shape index (κ3) is 2.71. The Bertz CT molecular complexity index is 367. The van der Waals surface area contributed by atoms with E-state index in [0.29, 0.717) is 11.8 Å². The van der Waals surface area contributed by atoms with Crippen molar-refractivity contribution in [2.75, 3.05) is 19.6 Å². The van der Waals surface area contributed by atoms with Crippen LogP contribution in [-0.4, -0.2) is 40.7 Å². The fourth-order valence-corrected chi connectivity index (χ4v) is 2.09. The maximum absolute atomic E-state index is 9.73. The van der Waals surface area contributed by atoms with E-state index in [1.54, 1.807) is 6.07 Å². The maximum Gasteiger partial charge on any atom is 0.138 e.